The van der Waals surface area contributed by atoms with Gasteiger partial charge in [0.2, 0.25) is 18.1 Å². The van der Waals surface area contributed by atoms with Gasteiger partial charge in [0, 0.05) is 24.0 Å². The molecule has 0 fully saturated rings. The van der Waals surface area contributed by atoms with E-state index in [1.54, 1.807) is 24.3 Å². The van der Waals surface area contributed by atoms with Gasteiger partial charge in [-0.15, -0.1) is 0 Å². The lowest BCUT2D eigenvalue weighted by atomic mass is 10.0. The van der Waals surface area contributed by atoms with Crippen molar-refractivity contribution in [3.63, 3.8) is 0 Å². The standard InChI is InChI=1S/C26H23ClN6O3S.C2HF3O/c1-16(34)29-19-7-10-22(11-8-19)37(35,36)33-24-12-9-21-14-18(24)6-5-17-3-2-4-20(13-17)31-26-28-15-23(27)25(30-21)32-26;3-2(4,5)1-6/h2-4,7-15,33H,5-6H2,1H3,(H,29,34)(H2,28,30,31,32);1H. The zero-order valence-corrected chi connectivity index (χ0v) is 23.9. The second kappa shape index (κ2) is 13.1. The van der Waals surface area contributed by atoms with Crippen molar-refractivity contribution in [2.45, 2.75) is 30.8 Å². The number of hydrogen-bond acceptors (Lipinski definition) is 8. The van der Waals surface area contributed by atoms with Gasteiger partial charge < -0.3 is 16.0 Å². The maximum Gasteiger partial charge on any atom is 0.446 e. The predicted octanol–water partition coefficient (Wildman–Crippen LogP) is 6.22. The number of halogens is 4. The van der Waals surface area contributed by atoms with E-state index in [4.69, 9.17) is 16.4 Å². The van der Waals surface area contributed by atoms with Gasteiger partial charge in [0.1, 0.15) is 5.02 Å². The minimum atomic E-state index is -4.64. The number of rotatable bonds is 4. The maximum absolute atomic E-state index is 13.2. The molecule has 15 heteroatoms. The predicted molar refractivity (Wildman–Crippen MR) is 158 cm³/mol. The minimum absolute atomic E-state index is 0.0831. The van der Waals surface area contributed by atoms with Crippen LogP contribution in [-0.4, -0.2) is 36.8 Å². The largest absolute Gasteiger partial charge is 0.446 e. The van der Waals surface area contributed by atoms with Crippen molar-refractivity contribution >= 4 is 68.3 Å². The number of alkyl halides is 3. The summed E-state index contributed by atoms with van der Waals surface area (Å²) in [6.07, 6.45) is -2.93. The van der Waals surface area contributed by atoms with Crippen LogP contribution in [0, 0.1) is 0 Å². The van der Waals surface area contributed by atoms with Gasteiger partial charge in [-0.1, -0.05) is 23.7 Å². The second-order valence-electron chi connectivity index (χ2n) is 9.18. The Morgan fingerprint density at radius 2 is 1.70 bits per heavy atom. The van der Waals surface area contributed by atoms with E-state index in [0.29, 0.717) is 46.7 Å². The summed E-state index contributed by atoms with van der Waals surface area (Å²) in [5, 5.41) is 9.38. The number of aldehydes is 1. The number of aryl methyl sites for hydroxylation is 2. The number of fused-ring (bicyclic) bond motifs is 6. The van der Waals surface area contributed by atoms with Gasteiger partial charge in [-0.3, -0.25) is 14.3 Å². The number of nitrogens with one attached hydrogen (secondary N) is 4. The lowest BCUT2D eigenvalue weighted by Crippen LogP contribution is -2.15. The van der Waals surface area contributed by atoms with Crippen LogP contribution in [0.3, 0.4) is 0 Å². The Balaban J connectivity index is 0.000000641. The Bertz CT molecular complexity index is 1750. The lowest BCUT2D eigenvalue weighted by Gasteiger charge is -2.16. The first-order chi connectivity index (χ1) is 20.3. The Labute approximate surface area is 249 Å². The molecule has 3 aromatic carbocycles. The van der Waals surface area contributed by atoms with Crippen LogP contribution < -0.4 is 20.7 Å². The van der Waals surface area contributed by atoms with Crippen LogP contribution in [0.15, 0.2) is 77.8 Å². The number of aromatic nitrogens is 2. The van der Waals surface area contributed by atoms with Gasteiger partial charge in [-0.05, 0) is 78.6 Å². The molecule has 0 saturated heterocycles. The van der Waals surface area contributed by atoms with E-state index < -0.39 is 22.5 Å². The van der Waals surface area contributed by atoms with Crippen LogP contribution in [0.5, 0.6) is 0 Å². The first kappa shape index (κ1) is 31.3. The van der Waals surface area contributed by atoms with Crippen LogP contribution in [0.1, 0.15) is 18.1 Å². The summed E-state index contributed by atoms with van der Waals surface area (Å²) in [4.78, 5) is 28.8. The molecular formula is C28H24ClF3N6O4S. The first-order valence-corrected chi connectivity index (χ1v) is 14.4. The number of benzene rings is 3. The molecule has 0 aliphatic carbocycles. The maximum atomic E-state index is 13.2. The molecule has 0 saturated carbocycles. The fourth-order valence-corrected chi connectivity index (χ4v) is 5.21. The fraction of sp³-hybridized carbons (Fsp3) is 0.143. The zero-order valence-electron chi connectivity index (χ0n) is 22.4. The molecule has 10 nitrogen and oxygen atoms in total. The highest BCUT2D eigenvalue weighted by molar-refractivity contribution is 7.92. The van der Waals surface area contributed by atoms with Crippen molar-refractivity contribution < 1.29 is 31.2 Å². The number of amides is 1. The Hall–Kier alpha value is -4.69. The Morgan fingerprint density at radius 3 is 2.37 bits per heavy atom. The van der Waals surface area contributed by atoms with Crippen molar-refractivity contribution in [2.24, 2.45) is 0 Å². The molecular weight excluding hydrogens is 609 g/mol. The normalized spacial score (nSPS) is 12.4. The smallest absolute Gasteiger partial charge is 0.339 e. The van der Waals surface area contributed by atoms with E-state index >= 15 is 0 Å². The van der Waals surface area contributed by atoms with Gasteiger partial charge in [0.25, 0.3) is 10.0 Å². The average Bonchev–Trinajstić information content (AvgIpc) is 2.95. The van der Waals surface area contributed by atoms with Gasteiger partial charge in [0.15, 0.2) is 5.82 Å². The van der Waals surface area contributed by atoms with E-state index in [1.165, 1.54) is 25.3 Å². The third-order valence-corrected chi connectivity index (χ3v) is 7.50. The molecule has 1 aromatic heterocycles. The average molecular weight is 633 g/mol. The highest BCUT2D eigenvalue weighted by Gasteiger charge is 2.25. The lowest BCUT2D eigenvalue weighted by molar-refractivity contribution is -0.156. The zero-order chi connectivity index (χ0) is 31.2. The summed E-state index contributed by atoms with van der Waals surface area (Å²) in [5.74, 6) is 0.591. The number of nitrogens with zero attached hydrogens (tertiary/aromatic N) is 2. The Kier molecular flexibility index (Phi) is 9.51. The van der Waals surface area contributed by atoms with Crippen LogP contribution in [-0.2, 0) is 32.5 Å². The molecule has 2 heterocycles. The molecule has 0 radical (unpaired) electrons. The highest BCUT2D eigenvalue weighted by atomic mass is 35.5. The van der Waals surface area contributed by atoms with Crippen molar-refractivity contribution in [3.8, 4) is 0 Å². The minimum Gasteiger partial charge on any atom is -0.339 e. The van der Waals surface area contributed by atoms with Crippen LogP contribution in [0.25, 0.3) is 0 Å². The second-order valence-corrected chi connectivity index (χ2v) is 11.3. The van der Waals surface area contributed by atoms with Crippen molar-refractivity contribution in [1.29, 1.82) is 0 Å². The van der Waals surface area contributed by atoms with Crippen LogP contribution in [0.2, 0.25) is 5.02 Å². The third kappa shape index (κ3) is 8.90. The topological polar surface area (TPSA) is 142 Å². The monoisotopic (exact) mass is 632 g/mol. The van der Waals surface area contributed by atoms with E-state index in [1.807, 2.05) is 30.3 Å². The SMILES string of the molecule is CC(=O)Nc1ccc(S(=O)(=O)Nc2ccc3cc2CCc2cccc(c2)Nc2ncc(Cl)c(n2)N3)cc1.O=CC(F)(F)F. The van der Waals surface area contributed by atoms with Gasteiger partial charge in [-0.25, -0.2) is 13.4 Å². The molecule has 1 aliphatic heterocycles. The molecule has 224 valence electrons. The summed E-state index contributed by atoms with van der Waals surface area (Å²) < 4.78 is 60.3. The number of carbonyl (C=O) groups excluding carboxylic acids is 2. The molecule has 4 aromatic rings. The van der Waals surface area contributed by atoms with Crippen LogP contribution >= 0.6 is 11.6 Å². The molecule has 6 bridgehead atoms. The number of hydrogen-bond donors (Lipinski definition) is 4. The summed E-state index contributed by atoms with van der Waals surface area (Å²) >= 11 is 6.33. The Morgan fingerprint density at radius 1 is 1.00 bits per heavy atom. The van der Waals surface area contributed by atoms with Gasteiger partial charge >= 0.3 is 6.18 Å². The van der Waals surface area contributed by atoms with Gasteiger partial charge in [-0.2, -0.15) is 18.2 Å². The highest BCUT2D eigenvalue weighted by Crippen LogP contribution is 2.30. The summed E-state index contributed by atoms with van der Waals surface area (Å²) in [5.41, 5.74) is 4.39. The molecule has 0 spiro atoms. The number of anilines is 6. The summed E-state index contributed by atoms with van der Waals surface area (Å²) in [6.45, 7) is 1.39. The third-order valence-electron chi connectivity index (χ3n) is 5.84. The number of sulfonamides is 1. The molecule has 0 unspecified atom stereocenters. The van der Waals surface area contributed by atoms with E-state index in [2.05, 4.69) is 30.6 Å². The van der Waals surface area contributed by atoms with E-state index in [9.17, 15) is 26.4 Å². The van der Waals surface area contributed by atoms with Crippen LogP contribution in [0.4, 0.5) is 47.7 Å². The van der Waals surface area contributed by atoms with Crippen molar-refractivity contribution in [1.82, 2.24) is 9.97 Å². The molecule has 4 N–H and O–H groups in total. The first-order valence-electron chi connectivity index (χ1n) is 12.5. The van der Waals surface area contributed by atoms with E-state index in [0.717, 1.165) is 16.8 Å². The van der Waals surface area contributed by atoms with E-state index in [-0.39, 0.29) is 10.8 Å². The number of carbonyl (C=O) groups is 2. The summed E-state index contributed by atoms with van der Waals surface area (Å²) in [7, 11) is -3.88. The quantitative estimate of drug-likeness (QED) is 0.194. The van der Waals surface area contributed by atoms with Crippen molar-refractivity contribution in [3.05, 3.63) is 89.1 Å². The molecule has 1 aliphatic rings. The molecule has 1 amide bonds. The molecule has 0 atom stereocenters. The molecule has 5 rings (SSSR count). The van der Waals surface area contributed by atoms with Crippen molar-refractivity contribution in [2.75, 3.05) is 20.7 Å². The molecule has 43 heavy (non-hydrogen) atoms. The van der Waals surface area contributed by atoms with Gasteiger partial charge in [0.05, 0.1) is 16.8 Å². The fourth-order valence-electron chi connectivity index (χ4n) is 3.97. The summed E-state index contributed by atoms with van der Waals surface area (Å²) in [6, 6.07) is 19.2.